The van der Waals surface area contributed by atoms with Crippen molar-refractivity contribution in [3.05, 3.63) is 0 Å². The van der Waals surface area contributed by atoms with Gasteiger partial charge in [-0.2, -0.15) is 114 Å². The van der Waals surface area contributed by atoms with Crippen LogP contribution in [0.15, 0.2) is 0 Å². The molecule has 64 heavy (non-hydrogen) atoms. The van der Waals surface area contributed by atoms with Crippen LogP contribution in [0.4, 0.5) is 114 Å². The van der Waals surface area contributed by atoms with Crippen molar-refractivity contribution in [2.45, 2.75) is 161 Å². The molecule has 0 aliphatic heterocycles. The number of alkyl halides is 26. The van der Waals surface area contributed by atoms with E-state index >= 15 is 0 Å². The minimum Gasteiger partial charge on any atom is -0.726 e. The molecule has 0 amide bonds. The molecule has 0 heterocycles. The van der Waals surface area contributed by atoms with Crippen LogP contribution in [0.25, 0.3) is 0 Å². The average molecular weight is 1070 g/mol. The van der Waals surface area contributed by atoms with Crippen LogP contribution in [0, 0.1) is 0 Å². The van der Waals surface area contributed by atoms with Crippen molar-refractivity contribution in [1.29, 1.82) is 0 Å². The van der Waals surface area contributed by atoms with Crippen LogP contribution in [0.2, 0.25) is 0 Å². The summed E-state index contributed by atoms with van der Waals surface area (Å²) >= 11 is 0. The summed E-state index contributed by atoms with van der Waals surface area (Å²) < 4.78 is 419. The average Bonchev–Trinajstić information content (AvgIpc) is 3.04. The smallest absolute Gasteiger partial charge is 0.726 e. The molecule has 0 saturated heterocycles. The molecule has 0 aromatic rings. The maximum absolute atomic E-state index is 14.1. The Hall–Kier alpha value is -0.0800. The third kappa shape index (κ3) is 15.2. The molecule has 0 aliphatic rings. The molecule has 8 nitrogen and oxygen atoms in total. The molecule has 0 bridgehead atoms. The van der Waals surface area contributed by atoms with Crippen LogP contribution in [0.1, 0.15) is 77.0 Å². The molecule has 0 saturated carbocycles. The van der Waals surface area contributed by atoms with Crippen molar-refractivity contribution in [2.75, 3.05) is 0 Å². The molecule has 0 aliphatic carbocycles. The molecule has 2 atom stereocenters. The predicted molar refractivity (Wildman–Crippen MR) is 146 cm³/mol. The van der Waals surface area contributed by atoms with Crippen LogP contribution in [-0.2, 0) is 29.2 Å². The van der Waals surface area contributed by atoms with Gasteiger partial charge in [-0.05, 0) is 25.7 Å². The second kappa shape index (κ2) is 22.3. The zero-order valence-corrected chi connectivity index (χ0v) is 37.2. The minimum absolute atomic E-state index is 0. The summed E-state index contributed by atoms with van der Waals surface area (Å²) in [6.45, 7) is 0. The van der Waals surface area contributed by atoms with Gasteiger partial charge in [-0.15, -0.1) is 0 Å². The van der Waals surface area contributed by atoms with Gasteiger partial charge >= 0.3 is 131 Å². The fourth-order valence-electron chi connectivity index (χ4n) is 4.87. The van der Waals surface area contributed by atoms with Gasteiger partial charge in [-0.25, -0.2) is 16.8 Å². The fourth-order valence-corrected chi connectivity index (χ4v) is 5.92. The normalized spacial score (nSPS) is 16.2. The van der Waals surface area contributed by atoms with Gasteiger partial charge < -0.3 is 9.11 Å². The Morgan fingerprint density at radius 2 is 0.531 bits per heavy atom. The third-order valence-corrected chi connectivity index (χ3v) is 9.38. The molecule has 0 N–H and O–H groups in total. The van der Waals surface area contributed by atoms with Gasteiger partial charge in [0.15, 0.2) is 0 Å². The molecule has 2 unspecified atom stereocenters. The predicted octanol–water partition coefficient (Wildman–Crippen LogP) is 4.84. The quantitative estimate of drug-likeness (QED) is 0.0376. The van der Waals surface area contributed by atoms with E-state index < -0.39 is 156 Å². The molecule has 0 radical (unpaired) electrons. The van der Waals surface area contributed by atoms with Crippen molar-refractivity contribution in [2.24, 2.45) is 0 Å². The van der Waals surface area contributed by atoms with E-state index in [2.05, 4.69) is 8.37 Å². The van der Waals surface area contributed by atoms with E-state index in [1.54, 1.807) is 0 Å². The molecule has 374 valence electrons. The molecular formula is C26H26F26Na2O8S2. The largest absolute Gasteiger partial charge is 1.00 e. The first kappa shape index (κ1) is 68.2. The number of hydrogen-bond donors (Lipinski definition) is 0. The molecule has 38 heteroatoms. The maximum Gasteiger partial charge on any atom is 1.00 e. The van der Waals surface area contributed by atoms with Crippen molar-refractivity contribution in [3.63, 3.8) is 0 Å². The molecule has 0 fully saturated rings. The zero-order chi connectivity index (χ0) is 50.1. The van der Waals surface area contributed by atoms with E-state index in [0.29, 0.717) is 0 Å². The van der Waals surface area contributed by atoms with Crippen LogP contribution in [-0.4, -0.2) is 110 Å². The van der Waals surface area contributed by atoms with Crippen LogP contribution in [0.3, 0.4) is 0 Å². The Kier molecular flexibility index (Phi) is 23.8. The third-order valence-electron chi connectivity index (χ3n) is 8.37. The maximum atomic E-state index is 14.1. The summed E-state index contributed by atoms with van der Waals surface area (Å²) in [5.41, 5.74) is 0. The monoisotopic (exact) mass is 1070 g/mol. The fraction of sp³-hybridized carbons (Fsp3) is 1.00. The van der Waals surface area contributed by atoms with Crippen molar-refractivity contribution < 1.29 is 208 Å². The number of rotatable bonds is 27. The second-order valence-electron chi connectivity index (χ2n) is 13.0. The van der Waals surface area contributed by atoms with Crippen LogP contribution in [0.5, 0.6) is 0 Å². The van der Waals surface area contributed by atoms with E-state index in [4.69, 9.17) is 0 Å². The first-order valence-electron chi connectivity index (χ1n) is 16.1. The number of halogens is 26. The first-order valence-corrected chi connectivity index (χ1v) is 18.7. The standard InChI is InChI=1S/C26H28F26O8S2.2Na/c27-15(28,17(31,32)19(35,36)21(39,40)23(43,44)25(47,48)49)11-9-13(59-61(53,54)55)7-5-3-1-2-4-6-8-14(60-62(56,57)58)10-12-16(29,30)18(33,34)20(37,38)22(41,42)24(45,46)26(50,51)52;;/h13-14H,1-12H2,(H,53,54,55)(H,56,57,58);;/q;2*+1/p-2. The molecule has 0 aromatic carbocycles. The Labute approximate surface area is 387 Å². The van der Waals surface area contributed by atoms with Gasteiger partial charge in [0.05, 0.1) is 12.2 Å². The van der Waals surface area contributed by atoms with E-state index in [1.807, 2.05) is 0 Å². The van der Waals surface area contributed by atoms with E-state index in [-0.39, 0.29) is 84.8 Å². The Morgan fingerprint density at radius 3 is 0.734 bits per heavy atom. The van der Waals surface area contributed by atoms with Gasteiger partial charge in [-0.1, -0.05) is 38.5 Å². The van der Waals surface area contributed by atoms with E-state index in [1.165, 1.54) is 0 Å². The Morgan fingerprint density at radius 1 is 0.328 bits per heavy atom. The summed E-state index contributed by atoms with van der Waals surface area (Å²) in [4.78, 5) is 0. The Bertz CT molecular complexity index is 1570. The molecule has 0 aromatic heterocycles. The van der Waals surface area contributed by atoms with Gasteiger partial charge in [0, 0.05) is 12.8 Å². The van der Waals surface area contributed by atoms with Crippen molar-refractivity contribution in [3.8, 4) is 0 Å². The first-order chi connectivity index (χ1) is 26.9. The molecule has 0 rings (SSSR count). The molecule has 0 spiro atoms. The van der Waals surface area contributed by atoms with Gasteiger partial charge in [0.1, 0.15) is 0 Å². The number of unbranched alkanes of at least 4 members (excludes halogenated alkanes) is 5. The second-order valence-corrected chi connectivity index (χ2v) is 15.0. The summed E-state index contributed by atoms with van der Waals surface area (Å²) in [6.07, 6.45) is -34.7. The zero-order valence-electron chi connectivity index (χ0n) is 31.5. The summed E-state index contributed by atoms with van der Waals surface area (Å²) in [6, 6.07) is 0. The van der Waals surface area contributed by atoms with Crippen molar-refractivity contribution >= 4 is 20.8 Å². The topological polar surface area (TPSA) is 133 Å². The molecular weight excluding hydrogens is 1040 g/mol. The van der Waals surface area contributed by atoms with Crippen LogP contribution >= 0.6 is 0 Å². The van der Waals surface area contributed by atoms with Gasteiger partial charge in [0.25, 0.3) is 0 Å². The summed E-state index contributed by atoms with van der Waals surface area (Å²) in [5, 5.41) is 0. The van der Waals surface area contributed by atoms with Crippen LogP contribution < -0.4 is 59.1 Å². The summed E-state index contributed by atoms with van der Waals surface area (Å²) in [7, 11) is -12.0. The number of hydrogen-bond acceptors (Lipinski definition) is 8. The Balaban J connectivity index is -0.0000186. The van der Waals surface area contributed by atoms with Gasteiger partial charge in [0.2, 0.25) is 20.8 Å². The van der Waals surface area contributed by atoms with Gasteiger partial charge in [-0.3, -0.25) is 8.37 Å². The minimum atomic E-state index is -8.24. The van der Waals surface area contributed by atoms with Crippen molar-refractivity contribution in [1.82, 2.24) is 0 Å². The SMILES string of the molecule is O=S(=O)([O-])OC(CCCCCCCCC(CCC(F)(F)C(F)(F)C(F)(F)C(F)(F)C(F)(F)C(F)(F)F)OS(=O)(=O)[O-])CCC(F)(F)C(F)(F)C(F)(F)C(F)(F)C(F)(F)C(F)(F)F.[Na+].[Na+]. The van der Waals surface area contributed by atoms with E-state index in [9.17, 15) is 140 Å². The summed E-state index contributed by atoms with van der Waals surface area (Å²) in [5.74, 6) is -77.8. The van der Waals surface area contributed by atoms with E-state index in [0.717, 1.165) is 0 Å².